The van der Waals surface area contributed by atoms with Crippen molar-refractivity contribution in [3.63, 3.8) is 0 Å². The van der Waals surface area contributed by atoms with Gasteiger partial charge in [-0.2, -0.15) is 0 Å². The number of nitrogens with two attached hydrogens (primary N) is 1. The van der Waals surface area contributed by atoms with Gasteiger partial charge in [0.1, 0.15) is 11.6 Å². The number of nitrogens with zero attached hydrogens (tertiary/aromatic N) is 4. The maximum Gasteiger partial charge on any atom is 0.185 e. The highest BCUT2D eigenvalue weighted by Crippen LogP contribution is 2.43. The Hall–Kier alpha value is -2.05. The van der Waals surface area contributed by atoms with Crippen LogP contribution in [0.1, 0.15) is 19.4 Å². The average molecular weight is 251 g/mol. The van der Waals surface area contributed by atoms with Gasteiger partial charge in [-0.3, -0.25) is 0 Å². The number of rotatable bonds is 2. The lowest BCUT2D eigenvalue weighted by Gasteiger charge is -2.06. The van der Waals surface area contributed by atoms with Crippen LogP contribution in [0.4, 0.5) is 14.5 Å². The summed E-state index contributed by atoms with van der Waals surface area (Å²) in [5.74, 6) is -0.747. The first-order chi connectivity index (χ1) is 8.58. The lowest BCUT2D eigenvalue weighted by atomic mass is 10.1. The van der Waals surface area contributed by atoms with Crippen LogP contribution >= 0.6 is 0 Å². The number of hydrogen-bond donors (Lipinski definition) is 1. The quantitative estimate of drug-likeness (QED) is 0.826. The molecule has 0 saturated heterocycles. The third kappa shape index (κ3) is 1.62. The van der Waals surface area contributed by atoms with Crippen LogP contribution < -0.4 is 5.73 Å². The van der Waals surface area contributed by atoms with Crippen molar-refractivity contribution in [3.05, 3.63) is 23.8 Å². The zero-order valence-corrected chi connectivity index (χ0v) is 9.64. The second-order valence-electron chi connectivity index (χ2n) is 4.58. The highest BCUT2D eigenvalue weighted by atomic mass is 19.1. The summed E-state index contributed by atoms with van der Waals surface area (Å²) in [5, 5.41) is 11.2. The van der Waals surface area contributed by atoms with E-state index in [0.717, 1.165) is 12.5 Å². The van der Waals surface area contributed by atoms with E-state index in [0.29, 0.717) is 5.92 Å². The van der Waals surface area contributed by atoms with Crippen LogP contribution in [0.2, 0.25) is 0 Å². The molecule has 2 unspecified atom stereocenters. The molecule has 0 bridgehead atoms. The number of tetrazole rings is 1. The SMILES string of the molecule is CC1CC1n1nnnc1-c1cc(N)c(F)cc1F. The van der Waals surface area contributed by atoms with Crippen molar-refractivity contribution in [2.75, 3.05) is 5.73 Å². The summed E-state index contributed by atoms with van der Waals surface area (Å²) in [5.41, 5.74) is 5.45. The molecule has 2 N–H and O–H groups in total. The number of halogens is 2. The highest BCUT2D eigenvalue weighted by molar-refractivity contribution is 5.62. The maximum absolute atomic E-state index is 13.8. The normalized spacial score (nSPS) is 22.2. The van der Waals surface area contributed by atoms with Gasteiger partial charge in [0.05, 0.1) is 17.3 Å². The van der Waals surface area contributed by atoms with E-state index >= 15 is 0 Å². The predicted octanol–water partition coefficient (Wildman–Crippen LogP) is 1.78. The van der Waals surface area contributed by atoms with Gasteiger partial charge in [0.2, 0.25) is 0 Å². The van der Waals surface area contributed by atoms with E-state index in [1.54, 1.807) is 4.68 Å². The topological polar surface area (TPSA) is 69.6 Å². The first-order valence-electron chi connectivity index (χ1n) is 5.60. The smallest absolute Gasteiger partial charge is 0.185 e. The summed E-state index contributed by atoms with van der Waals surface area (Å²) in [4.78, 5) is 0. The summed E-state index contributed by atoms with van der Waals surface area (Å²) in [6.45, 7) is 2.06. The van der Waals surface area contributed by atoms with Crippen LogP contribution in [0.5, 0.6) is 0 Å². The van der Waals surface area contributed by atoms with Crippen molar-refractivity contribution in [3.8, 4) is 11.4 Å². The predicted molar refractivity (Wildman–Crippen MR) is 60.4 cm³/mol. The van der Waals surface area contributed by atoms with Crippen LogP contribution in [-0.2, 0) is 0 Å². The third-order valence-electron chi connectivity index (χ3n) is 3.20. The second kappa shape index (κ2) is 3.72. The standard InChI is InChI=1S/C11H11F2N5/c1-5-2-10(5)18-11(15-16-17-18)6-3-9(14)8(13)4-7(6)12/h3-5,10H,2,14H2,1H3. The second-order valence-corrected chi connectivity index (χ2v) is 4.58. The van der Waals surface area contributed by atoms with Crippen molar-refractivity contribution in [2.45, 2.75) is 19.4 Å². The lowest BCUT2D eigenvalue weighted by molar-refractivity contribution is 0.572. The number of nitrogen functional groups attached to an aromatic ring is 1. The Morgan fingerprint density at radius 3 is 2.72 bits per heavy atom. The Kier molecular flexibility index (Phi) is 2.29. The fraction of sp³-hybridized carbons (Fsp3) is 0.364. The summed E-state index contributed by atoms with van der Waals surface area (Å²) < 4.78 is 28.4. The van der Waals surface area contributed by atoms with Gasteiger partial charge in [-0.15, -0.1) is 5.10 Å². The molecular formula is C11H11F2N5. The minimum Gasteiger partial charge on any atom is -0.396 e. The minimum atomic E-state index is -0.782. The van der Waals surface area contributed by atoms with Crippen molar-refractivity contribution < 1.29 is 8.78 Å². The van der Waals surface area contributed by atoms with Gasteiger partial charge in [0.25, 0.3) is 0 Å². The fourth-order valence-electron chi connectivity index (χ4n) is 1.97. The molecule has 3 rings (SSSR count). The molecule has 18 heavy (non-hydrogen) atoms. The van der Waals surface area contributed by atoms with Crippen LogP contribution in [0.3, 0.4) is 0 Å². The number of benzene rings is 1. The first-order valence-corrected chi connectivity index (χ1v) is 5.60. The Labute approximate surface area is 102 Å². The van der Waals surface area contributed by atoms with E-state index in [1.165, 1.54) is 6.07 Å². The van der Waals surface area contributed by atoms with E-state index in [4.69, 9.17) is 5.73 Å². The van der Waals surface area contributed by atoms with Gasteiger partial charge in [-0.1, -0.05) is 6.92 Å². The van der Waals surface area contributed by atoms with Gasteiger partial charge in [-0.25, -0.2) is 13.5 Å². The monoisotopic (exact) mass is 251 g/mol. The van der Waals surface area contributed by atoms with Crippen molar-refractivity contribution in [1.29, 1.82) is 0 Å². The lowest BCUT2D eigenvalue weighted by Crippen LogP contribution is -2.03. The van der Waals surface area contributed by atoms with Crippen molar-refractivity contribution in [1.82, 2.24) is 20.2 Å². The van der Waals surface area contributed by atoms with Gasteiger partial charge in [-0.05, 0) is 28.8 Å². The molecule has 1 aliphatic carbocycles. The maximum atomic E-state index is 13.8. The minimum absolute atomic E-state index is 0.121. The molecule has 94 valence electrons. The van der Waals surface area contributed by atoms with Gasteiger partial charge in [0.15, 0.2) is 5.82 Å². The fourth-order valence-corrected chi connectivity index (χ4v) is 1.97. The molecule has 1 fully saturated rings. The highest BCUT2D eigenvalue weighted by Gasteiger charge is 2.37. The molecule has 0 aliphatic heterocycles. The Balaban J connectivity index is 2.10. The van der Waals surface area contributed by atoms with E-state index in [9.17, 15) is 8.78 Å². The largest absolute Gasteiger partial charge is 0.396 e. The van der Waals surface area contributed by atoms with Crippen LogP contribution in [-0.4, -0.2) is 20.2 Å². The molecule has 2 atom stereocenters. The zero-order chi connectivity index (χ0) is 12.9. The molecule has 1 saturated carbocycles. The van der Waals surface area contributed by atoms with E-state index in [-0.39, 0.29) is 23.1 Å². The number of anilines is 1. The molecule has 0 spiro atoms. The zero-order valence-electron chi connectivity index (χ0n) is 9.64. The molecule has 1 aliphatic rings. The third-order valence-corrected chi connectivity index (χ3v) is 3.20. The number of aromatic nitrogens is 4. The Morgan fingerprint density at radius 1 is 1.33 bits per heavy atom. The summed E-state index contributed by atoms with van der Waals surface area (Å²) in [6.07, 6.45) is 0.955. The molecule has 1 aromatic heterocycles. The van der Waals surface area contributed by atoms with Crippen molar-refractivity contribution in [2.24, 2.45) is 5.92 Å². The summed E-state index contributed by atoms with van der Waals surface area (Å²) >= 11 is 0. The molecule has 7 heteroatoms. The van der Waals surface area contributed by atoms with Crippen LogP contribution in [0.25, 0.3) is 11.4 Å². The van der Waals surface area contributed by atoms with Gasteiger partial charge < -0.3 is 5.73 Å². The molecule has 5 nitrogen and oxygen atoms in total. The molecule has 1 heterocycles. The summed E-state index contributed by atoms with van der Waals surface area (Å²) in [6, 6.07) is 2.15. The van der Waals surface area contributed by atoms with E-state index in [1.807, 2.05) is 0 Å². The molecular weight excluding hydrogens is 240 g/mol. The van der Waals surface area contributed by atoms with Crippen molar-refractivity contribution >= 4 is 5.69 Å². The van der Waals surface area contributed by atoms with Gasteiger partial charge >= 0.3 is 0 Å². The molecule has 1 aromatic carbocycles. The Bertz CT molecular complexity index is 609. The Morgan fingerprint density at radius 2 is 2.06 bits per heavy atom. The van der Waals surface area contributed by atoms with Crippen LogP contribution in [0, 0.1) is 17.6 Å². The first kappa shape index (κ1) is 11.1. The average Bonchev–Trinajstić information content (AvgIpc) is 2.87. The summed E-state index contributed by atoms with van der Waals surface area (Å²) in [7, 11) is 0. The molecule has 2 aromatic rings. The number of hydrogen-bond acceptors (Lipinski definition) is 4. The van der Waals surface area contributed by atoms with Gasteiger partial charge in [0, 0.05) is 6.07 Å². The van der Waals surface area contributed by atoms with E-state index < -0.39 is 11.6 Å². The molecule has 0 amide bonds. The van der Waals surface area contributed by atoms with Crippen LogP contribution in [0.15, 0.2) is 12.1 Å². The van der Waals surface area contributed by atoms with E-state index in [2.05, 4.69) is 22.4 Å². The molecule has 0 radical (unpaired) electrons.